The maximum Gasteiger partial charge on any atom is 0.270 e. The molecule has 0 radical (unpaired) electrons. The Morgan fingerprint density at radius 2 is 1.87 bits per heavy atom. The van der Waals surface area contributed by atoms with Gasteiger partial charge in [0, 0.05) is 47.7 Å². The van der Waals surface area contributed by atoms with Gasteiger partial charge in [0.05, 0.1) is 6.54 Å². The number of piperazine rings is 1. The Hall–Kier alpha value is -3.16. The van der Waals surface area contributed by atoms with E-state index < -0.39 is 0 Å². The number of hydrogen-bond donors (Lipinski definition) is 1. The number of H-pyrrole nitrogens is 1. The lowest BCUT2D eigenvalue weighted by atomic mass is 10.1. The maximum atomic E-state index is 12.9. The van der Waals surface area contributed by atoms with E-state index in [2.05, 4.69) is 20.0 Å². The number of aromatic amines is 1. The van der Waals surface area contributed by atoms with Crippen molar-refractivity contribution in [1.82, 2.24) is 24.9 Å². The Labute approximate surface area is 184 Å². The van der Waals surface area contributed by atoms with Crippen LogP contribution in [0.1, 0.15) is 21.9 Å². The fraction of sp³-hybridized carbons (Fsp3) is 0.261. The molecule has 5 rings (SSSR count). The number of fused-ring (bicyclic) bond motifs is 1. The summed E-state index contributed by atoms with van der Waals surface area (Å²) >= 11 is 6.05. The van der Waals surface area contributed by atoms with Gasteiger partial charge in [-0.05, 0) is 31.2 Å². The smallest absolute Gasteiger partial charge is 0.270 e. The van der Waals surface area contributed by atoms with Gasteiger partial charge in [-0.2, -0.15) is 4.98 Å². The normalized spacial score (nSPS) is 15.0. The van der Waals surface area contributed by atoms with Gasteiger partial charge in [0.25, 0.3) is 5.91 Å². The number of carbonyl (C=O) groups excluding carboxylic acids is 1. The molecule has 1 amide bonds. The number of aromatic nitrogens is 3. The first-order chi connectivity index (χ1) is 15.0. The van der Waals surface area contributed by atoms with Crippen molar-refractivity contribution < 1.29 is 9.32 Å². The first-order valence-corrected chi connectivity index (χ1v) is 10.6. The van der Waals surface area contributed by atoms with Gasteiger partial charge in [-0.25, -0.2) is 0 Å². The predicted octanol–water partition coefficient (Wildman–Crippen LogP) is 4.14. The first-order valence-electron chi connectivity index (χ1n) is 10.2. The van der Waals surface area contributed by atoms with E-state index in [4.69, 9.17) is 16.1 Å². The van der Waals surface area contributed by atoms with Crippen LogP contribution in [-0.4, -0.2) is 57.0 Å². The number of carbonyl (C=O) groups is 1. The molecule has 0 unspecified atom stereocenters. The van der Waals surface area contributed by atoms with Crippen LogP contribution in [0.15, 0.2) is 53.1 Å². The second-order valence-corrected chi connectivity index (χ2v) is 8.30. The molecule has 31 heavy (non-hydrogen) atoms. The molecule has 1 fully saturated rings. The van der Waals surface area contributed by atoms with Gasteiger partial charge >= 0.3 is 0 Å². The molecule has 8 heteroatoms. The average molecular weight is 436 g/mol. The van der Waals surface area contributed by atoms with Gasteiger partial charge in [-0.3, -0.25) is 9.69 Å². The Morgan fingerprint density at radius 3 is 2.65 bits per heavy atom. The molecule has 1 N–H and O–H groups in total. The standard InChI is InChI=1S/C23H22ClN5O2/c1-15-2-4-16(5-3-15)22-26-21(31-27-22)14-28-8-10-29(11-9-28)23(30)20-13-17-12-18(24)6-7-19(17)25-20/h2-7,12-13,25H,8-11,14H2,1H3. The van der Waals surface area contributed by atoms with Crippen LogP contribution >= 0.6 is 11.6 Å². The highest BCUT2D eigenvalue weighted by molar-refractivity contribution is 6.31. The van der Waals surface area contributed by atoms with Crippen LogP contribution in [0.3, 0.4) is 0 Å². The lowest BCUT2D eigenvalue weighted by molar-refractivity contribution is 0.0610. The fourth-order valence-corrected chi connectivity index (χ4v) is 4.01. The van der Waals surface area contributed by atoms with Gasteiger partial charge < -0.3 is 14.4 Å². The zero-order valence-corrected chi connectivity index (χ0v) is 17.9. The fourth-order valence-electron chi connectivity index (χ4n) is 3.83. The third-order valence-electron chi connectivity index (χ3n) is 5.61. The van der Waals surface area contributed by atoms with E-state index in [0.717, 1.165) is 29.6 Å². The summed E-state index contributed by atoms with van der Waals surface area (Å²) in [5.41, 5.74) is 3.63. The quantitative estimate of drug-likeness (QED) is 0.521. The molecule has 0 aliphatic carbocycles. The lowest BCUT2D eigenvalue weighted by Crippen LogP contribution is -2.48. The van der Waals surface area contributed by atoms with Crippen LogP contribution in [0.25, 0.3) is 22.3 Å². The monoisotopic (exact) mass is 435 g/mol. The number of benzene rings is 2. The van der Waals surface area contributed by atoms with E-state index >= 15 is 0 Å². The third kappa shape index (κ3) is 4.19. The number of nitrogens with one attached hydrogen (secondary N) is 1. The number of halogens is 1. The summed E-state index contributed by atoms with van der Waals surface area (Å²) in [5.74, 6) is 1.19. The van der Waals surface area contributed by atoms with Gasteiger partial charge in [-0.1, -0.05) is 46.6 Å². The first kappa shape index (κ1) is 19.8. The number of aryl methyl sites for hydroxylation is 1. The molecule has 7 nitrogen and oxygen atoms in total. The summed E-state index contributed by atoms with van der Waals surface area (Å²) in [7, 11) is 0. The molecule has 0 saturated carbocycles. The van der Waals surface area contributed by atoms with Crippen LogP contribution in [-0.2, 0) is 6.54 Å². The summed E-state index contributed by atoms with van der Waals surface area (Å²) < 4.78 is 5.44. The van der Waals surface area contributed by atoms with E-state index in [0.29, 0.717) is 42.1 Å². The minimum atomic E-state index is 0.00594. The van der Waals surface area contributed by atoms with Gasteiger partial charge in [0.15, 0.2) is 0 Å². The van der Waals surface area contributed by atoms with Crippen molar-refractivity contribution in [3.63, 3.8) is 0 Å². The maximum absolute atomic E-state index is 12.9. The largest absolute Gasteiger partial charge is 0.351 e. The second-order valence-electron chi connectivity index (χ2n) is 7.86. The summed E-state index contributed by atoms with van der Waals surface area (Å²) in [4.78, 5) is 24.7. The summed E-state index contributed by atoms with van der Waals surface area (Å²) in [6.45, 7) is 5.41. The third-order valence-corrected chi connectivity index (χ3v) is 5.84. The van der Waals surface area contributed by atoms with E-state index in [1.54, 1.807) is 0 Å². The van der Waals surface area contributed by atoms with Crippen LogP contribution in [0, 0.1) is 6.92 Å². The topological polar surface area (TPSA) is 78.3 Å². The number of hydrogen-bond acceptors (Lipinski definition) is 5. The van der Waals surface area contributed by atoms with E-state index in [1.807, 2.05) is 60.4 Å². The summed E-state index contributed by atoms with van der Waals surface area (Å²) in [6, 6.07) is 15.5. The number of amides is 1. The minimum absolute atomic E-state index is 0.00594. The van der Waals surface area contributed by atoms with Crippen LogP contribution in [0.2, 0.25) is 5.02 Å². The molecule has 2 aromatic carbocycles. The molecule has 0 atom stereocenters. The zero-order chi connectivity index (χ0) is 21.4. The van der Waals surface area contributed by atoms with Crippen molar-refractivity contribution in [2.45, 2.75) is 13.5 Å². The summed E-state index contributed by atoms with van der Waals surface area (Å²) in [5, 5.41) is 5.70. The highest BCUT2D eigenvalue weighted by Crippen LogP contribution is 2.22. The van der Waals surface area contributed by atoms with Crippen LogP contribution in [0.5, 0.6) is 0 Å². The van der Waals surface area contributed by atoms with Crippen LogP contribution in [0.4, 0.5) is 0 Å². The van der Waals surface area contributed by atoms with E-state index in [-0.39, 0.29) is 5.91 Å². The average Bonchev–Trinajstić information content (AvgIpc) is 3.41. The Morgan fingerprint density at radius 1 is 1.10 bits per heavy atom. The van der Waals surface area contributed by atoms with Crippen molar-refractivity contribution in [3.8, 4) is 11.4 Å². The highest BCUT2D eigenvalue weighted by Gasteiger charge is 2.24. The second kappa shape index (κ2) is 8.17. The Bertz CT molecular complexity index is 1220. The van der Waals surface area contributed by atoms with Crippen molar-refractivity contribution in [3.05, 3.63) is 70.7 Å². The van der Waals surface area contributed by atoms with E-state index in [9.17, 15) is 4.79 Å². The molecule has 1 saturated heterocycles. The van der Waals surface area contributed by atoms with Gasteiger partial charge in [0.2, 0.25) is 11.7 Å². The van der Waals surface area contributed by atoms with Crippen molar-refractivity contribution >= 4 is 28.4 Å². The Balaban J connectivity index is 1.19. The SMILES string of the molecule is Cc1ccc(-c2noc(CN3CCN(C(=O)c4cc5cc(Cl)ccc5[nH]4)CC3)n2)cc1. The van der Waals surface area contributed by atoms with E-state index in [1.165, 1.54) is 5.56 Å². The molecule has 0 spiro atoms. The van der Waals surface area contributed by atoms with Gasteiger partial charge in [-0.15, -0.1) is 0 Å². The lowest BCUT2D eigenvalue weighted by Gasteiger charge is -2.33. The number of rotatable bonds is 4. The molecular formula is C23H22ClN5O2. The molecule has 2 aromatic heterocycles. The Kier molecular flexibility index (Phi) is 5.21. The van der Waals surface area contributed by atoms with Gasteiger partial charge in [0.1, 0.15) is 5.69 Å². The molecule has 158 valence electrons. The molecule has 4 aromatic rings. The highest BCUT2D eigenvalue weighted by atomic mass is 35.5. The van der Waals surface area contributed by atoms with Crippen molar-refractivity contribution in [2.24, 2.45) is 0 Å². The van der Waals surface area contributed by atoms with Crippen molar-refractivity contribution in [2.75, 3.05) is 26.2 Å². The predicted molar refractivity (Wildman–Crippen MR) is 119 cm³/mol. The minimum Gasteiger partial charge on any atom is -0.351 e. The van der Waals surface area contributed by atoms with Crippen LogP contribution < -0.4 is 0 Å². The molecule has 3 heterocycles. The summed E-state index contributed by atoms with van der Waals surface area (Å²) in [6.07, 6.45) is 0. The molecule has 0 bridgehead atoms. The van der Waals surface area contributed by atoms with Crippen molar-refractivity contribution in [1.29, 1.82) is 0 Å². The zero-order valence-electron chi connectivity index (χ0n) is 17.1. The number of nitrogens with zero attached hydrogens (tertiary/aromatic N) is 4. The molecule has 1 aliphatic heterocycles. The molecular weight excluding hydrogens is 414 g/mol. The molecule has 1 aliphatic rings.